The highest BCUT2D eigenvalue weighted by Gasteiger charge is 2.23. The number of aromatic carboxylic acids is 1. The zero-order valence-corrected chi connectivity index (χ0v) is 8.70. The van der Waals surface area contributed by atoms with Crippen LogP contribution in [0.1, 0.15) is 29.0 Å². The van der Waals surface area contributed by atoms with Crippen LogP contribution in [0.3, 0.4) is 0 Å². The van der Waals surface area contributed by atoms with E-state index in [0.29, 0.717) is 19.0 Å². The first-order chi connectivity index (χ1) is 7.59. The third-order valence-electron chi connectivity index (χ3n) is 2.35. The second kappa shape index (κ2) is 4.00. The molecule has 1 aromatic carbocycles. The molecule has 2 rings (SSSR count). The summed E-state index contributed by atoms with van der Waals surface area (Å²) in [5.74, 6) is -0.668. The van der Waals surface area contributed by atoms with Crippen molar-refractivity contribution in [2.24, 2.45) is 0 Å². The van der Waals surface area contributed by atoms with E-state index in [1.54, 1.807) is 0 Å². The number of benzene rings is 1. The van der Waals surface area contributed by atoms with E-state index >= 15 is 0 Å². The van der Waals surface area contributed by atoms with E-state index in [1.165, 1.54) is 19.1 Å². The number of ether oxygens (including phenoxy) is 2. The van der Waals surface area contributed by atoms with Crippen molar-refractivity contribution < 1.29 is 23.8 Å². The third-order valence-corrected chi connectivity index (χ3v) is 2.35. The van der Waals surface area contributed by atoms with Gasteiger partial charge in [-0.3, -0.25) is 0 Å². The van der Waals surface area contributed by atoms with Crippen LogP contribution >= 0.6 is 0 Å². The molecule has 1 aliphatic rings. The summed E-state index contributed by atoms with van der Waals surface area (Å²) in [4.78, 5) is 11.0. The van der Waals surface area contributed by atoms with Crippen LogP contribution in [0.2, 0.25) is 0 Å². The lowest BCUT2D eigenvalue weighted by Crippen LogP contribution is -2.18. The number of carboxylic acids is 1. The maximum atomic E-state index is 13.2. The quantitative estimate of drug-likeness (QED) is 0.839. The summed E-state index contributed by atoms with van der Waals surface area (Å²) in [6, 6.07) is 2.76. The minimum absolute atomic E-state index is 0.0586. The monoisotopic (exact) mass is 226 g/mol. The second-order valence-electron chi connectivity index (χ2n) is 3.51. The Morgan fingerprint density at radius 2 is 2.12 bits per heavy atom. The van der Waals surface area contributed by atoms with Crippen molar-refractivity contribution in [3.63, 3.8) is 0 Å². The lowest BCUT2D eigenvalue weighted by Gasteiger charge is -2.21. The number of fused-ring (bicyclic) bond motifs is 1. The van der Waals surface area contributed by atoms with Crippen LogP contribution in [0.5, 0.6) is 11.5 Å². The smallest absolute Gasteiger partial charge is 0.339 e. The van der Waals surface area contributed by atoms with Gasteiger partial charge < -0.3 is 14.6 Å². The van der Waals surface area contributed by atoms with Crippen LogP contribution in [-0.2, 0) is 0 Å². The molecular formula is C11H11FO4. The van der Waals surface area contributed by atoms with E-state index in [9.17, 15) is 9.18 Å². The van der Waals surface area contributed by atoms with Crippen LogP contribution in [0, 0.1) is 0 Å². The Kier molecular flexibility index (Phi) is 2.68. The summed E-state index contributed by atoms with van der Waals surface area (Å²) in [5, 5.41) is 8.99. The standard InChI is InChI=1S/C11H11FO4/c1-6(12)7-4-8(11(13)14)10-9(5-7)15-2-3-16-10/h4-6H,2-3H2,1H3,(H,13,14). The van der Waals surface area contributed by atoms with Gasteiger partial charge in [0.25, 0.3) is 0 Å². The molecule has 0 bridgehead atoms. The molecule has 86 valence electrons. The van der Waals surface area contributed by atoms with Gasteiger partial charge in [-0.1, -0.05) is 0 Å². The Labute approximate surface area is 91.6 Å². The fourth-order valence-corrected chi connectivity index (χ4v) is 1.56. The topological polar surface area (TPSA) is 55.8 Å². The summed E-state index contributed by atoms with van der Waals surface area (Å²) in [6.45, 7) is 1.99. The molecule has 0 spiro atoms. The van der Waals surface area contributed by atoms with Crippen molar-refractivity contribution in [2.45, 2.75) is 13.1 Å². The fraction of sp³-hybridized carbons (Fsp3) is 0.364. The predicted octanol–water partition coefficient (Wildman–Crippen LogP) is 2.19. The first-order valence-corrected chi connectivity index (χ1v) is 4.90. The summed E-state index contributed by atoms with van der Waals surface area (Å²) in [7, 11) is 0. The van der Waals surface area contributed by atoms with Gasteiger partial charge in [0.05, 0.1) is 0 Å². The molecule has 0 aromatic heterocycles. The minimum Gasteiger partial charge on any atom is -0.486 e. The predicted molar refractivity (Wildman–Crippen MR) is 53.9 cm³/mol. The Bertz CT molecular complexity index is 428. The minimum atomic E-state index is -1.24. The molecule has 16 heavy (non-hydrogen) atoms. The molecule has 0 aliphatic carbocycles. The summed E-state index contributed by atoms with van der Waals surface area (Å²) >= 11 is 0. The normalized spacial score (nSPS) is 15.6. The summed E-state index contributed by atoms with van der Waals surface area (Å²) in [6.07, 6.45) is -1.24. The highest BCUT2D eigenvalue weighted by atomic mass is 19.1. The molecule has 0 saturated heterocycles. The average Bonchev–Trinajstić information content (AvgIpc) is 2.27. The van der Waals surface area contributed by atoms with Gasteiger partial charge in [-0.15, -0.1) is 0 Å². The van der Waals surface area contributed by atoms with Crippen molar-refractivity contribution in [3.05, 3.63) is 23.3 Å². The molecule has 1 heterocycles. The molecule has 1 aromatic rings. The fourth-order valence-electron chi connectivity index (χ4n) is 1.56. The first-order valence-electron chi connectivity index (χ1n) is 4.90. The number of alkyl halides is 1. The van der Waals surface area contributed by atoms with Gasteiger partial charge >= 0.3 is 5.97 Å². The third kappa shape index (κ3) is 1.80. The molecule has 0 radical (unpaired) electrons. The SMILES string of the molecule is CC(F)c1cc2c(c(C(=O)O)c1)OCCO2. The number of hydrogen-bond donors (Lipinski definition) is 1. The number of carbonyl (C=O) groups is 1. The van der Waals surface area contributed by atoms with Gasteiger partial charge in [0.1, 0.15) is 24.9 Å². The van der Waals surface area contributed by atoms with E-state index in [-0.39, 0.29) is 16.9 Å². The lowest BCUT2D eigenvalue weighted by molar-refractivity contribution is 0.0686. The number of carboxylic acid groups (broad SMARTS) is 1. The van der Waals surface area contributed by atoms with Gasteiger partial charge in [-0.2, -0.15) is 0 Å². The molecule has 0 amide bonds. The maximum Gasteiger partial charge on any atom is 0.339 e. The lowest BCUT2D eigenvalue weighted by atomic mass is 10.1. The number of rotatable bonds is 2. The van der Waals surface area contributed by atoms with Crippen LogP contribution in [0.25, 0.3) is 0 Å². The van der Waals surface area contributed by atoms with Gasteiger partial charge in [0.2, 0.25) is 0 Å². The zero-order chi connectivity index (χ0) is 11.7. The van der Waals surface area contributed by atoms with Crippen molar-refractivity contribution >= 4 is 5.97 Å². The molecule has 1 atom stereocenters. The van der Waals surface area contributed by atoms with Crippen LogP contribution in [-0.4, -0.2) is 24.3 Å². The van der Waals surface area contributed by atoms with Gasteiger partial charge in [0.15, 0.2) is 11.5 Å². The van der Waals surface area contributed by atoms with E-state index in [4.69, 9.17) is 14.6 Å². The Morgan fingerprint density at radius 1 is 1.44 bits per heavy atom. The largest absolute Gasteiger partial charge is 0.486 e. The molecule has 1 unspecified atom stereocenters. The molecular weight excluding hydrogens is 215 g/mol. The van der Waals surface area contributed by atoms with Crippen molar-refractivity contribution in [1.82, 2.24) is 0 Å². The molecule has 1 aliphatic heterocycles. The molecule has 0 fully saturated rings. The van der Waals surface area contributed by atoms with Gasteiger partial charge in [-0.25, -0.2) is 9.18 Å². The Hall–Kier alpha value is -1.78. The average molecular weight is 226 g/mol. The Morgan fingerprint density at radius 3 is 2.75 bits per heavy atom. The zero-order valence-electron chi connectivity index (χ0n) is 8.70. The van der Waals surface area contributed by atoms with E-state index in [0.717, 1.165) is 0 Å². The molecule has 4 nitrogen and oxygen atoms in total. The van der Waals surface area contributed by atoms with Crippen molar-refractivity contribution in [2.75, 3.05) is 13.2 Å². The number of hydrogen-bond acceptors (Lipinski definition) is 3. The van der Waals surface area contributed by atoms with Gasteiger partial charge in [-0.05, 0) is 24.6 Å². The highest BCUT2D eigenvalue weighted by Crippen LogP contribution is 2.37. The number of halogens is 1. The van der Waals surface area contributed by atoms with Crippen molar-refractivity contribution in [1.29, 1.82) is 0 Å². The molecule has 1 N–H and O–H groups in total. The van der Waals surface area contributed by atoms with Crippen LogP contribution in [0.15, 0.2) is 12.1 Å². The van der Waals surface area contributed by atoms with Crippen molar-refractivity contribution in [3.8, 4) is 11.5 Å². The molecule has 5 heteroatoms. The van der Waals surface area contributed by atoms with Gasteiger partial charge in [0, 0.05) is 0 Å². The molecule has 0 saturated carbocycles. The Balaban J connectivity index is 2.56. The first kappa shape index (κ1) is 10.7. The second-order valence-corrected chi connectivity index (χ2v) is 3.51. The van der Waals surface area contributed by atoms with E-state index in [1.807, 2.05) is 0 Å². The summed E-state index contributed by atoms with van der Waals surface area (Å²) < 4.78 is 23.6. The van der Waals surface area contributed by atoms with E-state index < -0.39 is 12.1 Å². The highest BCUT2D eigenvalue weighted by molar-refractivity contribution is 5.92. The van der Waals surface area contributed by atoms with Crippen LogP contribution < -0.4 is 9.47 Å². The maximum absolute atomic E-state index is 13.2. The summed E-state index contributed by atoms with van der Waals surface area (Å²) in [5.41, 5.74) is 0.221. The van der Waals surface area contributed by atoms with E-state index in [2.05, 4.69) is 0 Å². The van der Waals surface area contributed by atoms with Crippen LogP contribution in [0.4, 0.5) is 4.39 Å².